The number of nitro groups is 1. The highest BCUT2D eigenvalue weighted by atomic mass is 16.6. The summed E-state index contributed by atoms with van der Waals surface area (Å²) in [5.41, 5.74) is 2.86. The normalized spacial score (nSPS) is 13.7. The largest absolute Gasteiger partial charge is 0.369 e. The molecule has 1 aromatic rings. The van der Waals surface area contributed by atoms with Crippen LogP contribution in [0.2, 0.25) is 0 Å². The Balaban J connectivity index is 3.30. The lowest BCUT2D eigenvalue weighted by molar-refractivity contribution is -0.539. The summed E-state index contributed by atoms with van der Waals surface area (Å²) in [6.07, 6.45) is 0. The van der Waals surface area contributed by atoms with Crippen LogP contribution in [0.4, 0.5) is 11.8 Å². The minimum atomic E-state index is -2.06. The maximum absolute atomic E-state index is 11.4. The molecule has 0 saturated carbocycles. The van der Waals surface area contributed by atoms with Gasteiger partial charge in [0, 0.05) is 13.8 Å². The third kappa shape index (κ3) is 2.29. The van der Waals surface area contributed by atoms with E-state index >= 15 is 0 Å². The van der Waals surface area contributed by atoms with Crippen LogP contribution in [-0.4, -0.2) is 26.3 Å². The molecule has 1 rings (SSSR count). The maximum Gasteiger partial charge on any atom is 0.350 e. The zero-order chi connectivity index (χ0) is 14.1. The molecule has 0 aromatic carbocycles. The van der Waals surface area contributed by atoms with Crippen LogP contribution in [0.3, 0.4) is 0 Å². The lowest BCUT2D eigenvalue weighted by Gasteiger charge is -2.20. The minimum Gasteiger partial charge on any atom is -0.369 e. The molecular formula is C9H13N5O4. The number of hydrogen-bond acceptors (Lipinski definition) is 7. The molecule has 0 saturated heterocycles. The number of nitrogen functional groups attached to an aromatic ring is 1. The molecule has 4 N–H and O–H groups in total. The van der Waals surface area contributed by atoms with E-state index in [2.05, 4.69) is 15.3 Å². The SMILES string of the molecule is CC(=O)C(C)(Nc1nc(N)[nH]c(=O)c1C)[N+](=O)[O-]. The molecule has 0 radical (unpaired) electrons. The van der Waals surface area contributed by atoms with Crippen LogP contribution >= 0.6 is 0 Å². The third-order valence-electron chi connectivity index (χ3n) is 2.58. The van der Waals surface area contributed by atoms with Gasteiger partial charge in [-0.1, -0.05) is 0 Å². The first-order chi connectivity index (χ1) is 8.18. The fourth-order valence-electron chi connectivity index (χ4n) is 1.16. The lowest BCUT2D eigenvalue weighted by atomic mass is 10.1. The maximum atomic E-state index is 11.4. The summed E-state index contributed by atoms with van der Waals surface area (Å²) >= 11 is 0. The predicted octanol–water partition coefficient (Wildman–Crippen LogP) is -0.346. The number of anilines is 2. The van der Waals surface area contributed by atoms with Crippen LogP contribution in [0.1, 0.15) is 19.4 Å². The molecule has 0 bridgehead atoms. The molecule has 98 valence electrons. The van der Waals surface area contributed by atoms with E-state index in [9.17, 15) is 19.7 Å². The molecular weight excluding hydrogens is 242 g/mol. The third-order valence-corrected chi connectivity index (χ3v) is 2.58. The van der Waals surface area contributed by atoms with E-state index in [0.29, 0.717) is 0 Å². The van der Waals surface area contributed by atoms with E-state index in [1.54, 1.807) is 0 Å². The van der Waals surface area contributed by atoms with Gasteiger partial charge in [-0.3, -0.25) is 30.0 Å². The van der Waals surface area contributed by atoms with Crippen molar-refractivity contribution in [2.24, 2.45) is 0 Å². The summed E-state index contributed by atoms with van der Waals surface area (Å²) in [5, 5.41) is 13.3. The van der Waals surface area contributed by atoms with Crippen molar-refractivity contribution in [2.75, 3.05) is 11.1 Å². The highest BCUT2D eigenvalue weighted by molar-refractivity contribution is 5.86. The smallest absolute Gasteiger partial charge is 0.350 e. The number of nitrogens with one attached hydrogen (secondary N) is 2. The van der Waals surface area contributed by atoms with E-state index in [4.69, 9.17) is 5.73 Å². The molecule has 9 heteroatoms. The lowest BCUT2D eigenvalue weighted by Crippen LogP contribution is -2.50. The predicted molar refractivity (Wildman–Crippen MR) is 63.7 cm³/mol. The summed E-state index contributed by atoms with van der Waals surface area (Å²) in [4.78, 5) is 38.9. The highest BCUT2D eigenvalue weighted by Gasteiger charge is 2.43. The molecule has 0 aliphatic carbocycles. The zero-order valence-corrected chi connectivity index (χ0v) is 10.1. The molecule has 18 heavy (non-hydrogen) atoms. The summed E-state index contributed by atoms with van der Waals surface area (Å²) in [6.45, 7) is 3.57. The van der Waals surface area contributed by atoms with Gasteiger partial charge in [0.2, 0.25) is 11.7 Å². The number of carbonyl (C=O) groups excluding carboxylic acids is 1. The van der Waals surface area contributed by atoms with Crippen molar-refractivity contribution in [2.45, 2.75) is 26.4 Å². The quantitative estimate of drug-likeness (QED) is 0.379. The van der Waals surface area contributed by atoms with Gasteiger partial charge in [-0.25, -0.2) is 0 Å². The van der Waals surface area contributed by atoms with Crippen molar-refractivity contribution in [1.82, 2.24) is 9.97 Å². The van der Waals surface area contributed by atoms with E-state index in [1.807, 2.05) is 0 Å². The summed E-state index contributed by atoms with van der Waals surface area (Å²) in [7, 11) is 0. The molecule has 1 unspecified atom stereocenters. The van der Waals surface area contributed by atoms with Crippen LogP contribution in [0.15, 0.2) is 4.79 Å². The van der Waals surface area contributed by atoms with Crippen molar-refractivity contribution in [3.63, 3.8) is 0 Å². The zero-order valence-electron chi connectivity index (χ0n) is 10.1. The molecule has 1 heterocycles. The van der Waals surface area contributed by atoms with Crippen LogP contribution in [-0.2, 0) is 4.79 Å². The number of Topliss-reactive ketones (excluding diaryl/α,β-unsaturated/α-hetero) is 1. The molecule has 9 nitrogen and oxygen atoms in total. The monoisotopic (exact) mass is 255 g/mol. The molecule has 0 aliphatic rings. The molecule has 0 aliphatic heterocycles. The number of ketones is 1. The fourth-order valence-corrected chi connectivity index (χ4v) is 1.16. The van der Waals surface area contributed by atoms with Crippen LogP contribution in [0.25, 0.3) is 0 Å². The van der Waals surface area contributed by atoms with Crippen molar-refractivity contribution in [1.29, 1.82) is 0 Å². The van der Waals surface area contributed by atoms with E-state index < -0.39 is 21.9 Å². The van der Waals surface area contributed by atoms with Crippen LogP contribution < -0.4 is 16.6 Å². The Morgan fingerprint density at radius 1 is 1.61 bits per heavy atom. The standard InChI is InChI=1S/C9H13N5O4/c1-4-6(11-8(10)12-7(4)16)13-9(3,5(2)15)14(17)18/h1-3H3,(H4,10,11,12,13,16). The van der Waals surface area contributed by atoms with Crippen molar-refractivity contribution < 1.29 is 9.72 Å². The first kappa shape index (κ1) is 13.6. The molecule has 0 fully saturated rings. The fraction of sp³-hybridized carbons (Fsp3) is 0.444. The van der Waals surface area contributed by atoms with Gasteiger partial charge in [-0.2, -0.15) is 4.98 Å². The molecule has 0 amide bonds. The molecule has 1 atom stereocenters. The first-order valence-electron chi connectivity index (χ1n) is 4.98. The van der Waals surface area contributed by atoms with E-state index in [-0.39, 0.29) is 17.3 Å². The first-order valence-corrected chi connectivity index (χ1v) is 4.98. The number of nitrogens with two attached hydrogens (primary N) is 1. The molecule has 1 aromatic heterocycles. The second kappa shape index (κ2) is 4.43. The molecule has 0 spiro atoms. The summed E-state index contributed by atoms with van der Waals surface area (Å²) < 4.78 is 0. The Morgan fingerprint density at radius 3 is 2.61 bits per heavy atom. The van der Waals surface area contributed by atoms with Gasteiger partial charge in [-0.15, -0.1) is 0 Å². The number of aromatic nitrogens is 2. The van der Waals surface area contributed by atoms with Crippen molar-refractivity contribution >= 4 is 17.5 Å². The topological polar surface area (TPSA) is 144 Å². The van der Waals surface area contributed by atoms with Gasteiger partial charge in [-0.05, 0) is 6.92 Å². The Labute approximate surface area is 102 Å². The number of carbonyl (C=O) groups is 1. The van der Waals surface area contributed by atoms with Crippen LogP contribution in [0, 0.1) is 17.0 Å². The Kier molecular flexibility index (Phi) is 3.35. The summed E-state index contributed by atoms with van der Waals surface area (Å²) in [6, 6.07) is 0. The Morgan fingerprint density at radius 2 is 2.17 bits per heavy atom. The van der Waals surface area contributed by atoms with Gasteiger partial charge in [0.25, 0.3) is 5.56 Å². The Bertz CT molecular complexity index is 551. The van der Waals surface area contributed by atoms with Gasteiger partial charge in [0.15, 0.2) is 0 Å². The minimum absolute atomic E-state index is 0.0920. The average molecular weight is 255 g/mol. The van der Waals surface area contributed by atoms with Gasteiger partial charge >= 0.3 is 5.66 Å². The van der Waals surface area contributed by atoms with Gasteiger partial charge in [0.1, 0.15) is 5.82 Å². The number of hydrogen-bond donors (Lipinski definition) is 3. The number of H-pyrrole nitrogens is 1. The van der Waals surface area contributed by atoms with Gasteiger partial charge in [0.05, 0.1) is 10.5 Å². The van der Waals surface area contributed by atoms with Gasteiger partial charge < -0.3 is 5.73 Å². The number of nitrogens with zero attached hydrogens (tertiary/aromatic N) is 2. The second-order valence-electron chi connectivity index (χ2n) is 3.94. The van der Waals surface area contributed by atoms with Crippen molar-refractivity contribution in [3.05, 3.63) is 26.0 Å². The second-order valence-corrected chi connectivity index (χ2v) is 3.94. The Hall–Kier alpha value is -2.45. The van der Waals surface area contributed by atoms with Crippen molar-refractivity contribution in [3.8, 4) is 0 Å². The summed E-state index contributed by atoms with van der Waals surface area (Å²) in [5.74, 6) is -0.999. The van der Waals surface area contributed by atoms with E-state index in [0.717, 1.165) is 13.8 Å². The number of rotatable bonds is 4. The van der Waals surface area contributed by atoms with E-state index in [1.165, 1.54) is 6.92 Å². The highest BCUT2D eigenvalue weighted by Crippen LogP contribution is 2.17. The number of aromatic amines is 1. The van der Waals surface area contributed by atoms with Crippen LogP contribution in [0.5, 0.6) is 0 Å². The average Bonchev–Trinajstić information content (AvgIpc) is 2.24.